The number of rotatable bonds is 9. The molecule has 0 amide bonds. The van der Waals surface area contributed by atoms with Crippen molar-refractivity contribution in [1.82, 2.24) is 0 Å². The molecule has 5 rings (SSSR count). The van der Waals surface area contributed by atoms with Crippen LogP contribution in [0.3, 0.4) is 0 Å². The molecule has 2 atom stereocenters. The highest BCUT2D eigenvalue weighted by molar-refractivity contribution is 7.10. The average Bonchev–Trinajstić information content (AvgIpc) is 3.46. The van der Waals surface area contributed by atoms with E-state index in [2.05, 4.69) is 0 Å². The summed E-state index contributed by atoms with van der Waals surface area (Å²) in [4.78, 5) is 14.1. The van der Waals surface area contributed by atoms with Crippen molar-refractivity contribution >= 4 is 17.3 Å². The van der Waals surface area contributed by atoms with Crippen LogP contribution in [0.25, 0.3) is 0 Å². The summed E-state index contributed by atoms with van der Waals surface area (Å²) in [5.41, 5.74) is -1.51. The van der Waals surface area contributed by atoms with Gasteiger partial charge in [-0.2, -0.15) is 0 Å². The molecule has 0 radical (unpaired) electrons. The van der Waals surface area contributed by atoms with E-state index < -0.39 is 11.6 Å². The van der Waals surface area contributed by atoms with E-state index in [0.717, 1.165) is 74.1 Å². The van der Waals surface area contributed by atoms with E-state index >= 15 is 0 Å². The van der Waals surface area contributed by atoms with Gasteiger partial charge < -0.3 is 24.2 Å². The number of ether oxygens (including phenoxy) is 2. The Balaban J connectivity index is 1.45. The third-order valence-corrected chi connectivity index (χ3v) is 8.39. The number of hydrogen-bond acceptors (Lipinski definition) is 6. The minimum atomic E-state index is -1.51. The zero-order valence-corrected chi connectivity index (χ0v) is 17.9. The van der Waals surface area contributed by atoms with Gasteiger partial charge in [0.1, 0.15) is 13.1 Å². The first-order chi connectivity index (χ1) is 14.1. The highest BCUT2D eigenvalue weighted by Crippen LogP contribution is 2.44. The predicted octanol–water partition coefficient (Wildman–Crippen LogP) is 2.29. The Bertz CT molecular complexity index is 667. The van der Waals surface area contributed by atoms with E-state index in [9.17, 15) is 9.90 Å². The molecule has 3 saturated heterocycles. The second-order valence-corrected chi connectivity index (χ2v) is 9.98. The Kier molecular flexibility index (Phi) is 6.61. The van der Waals surface area contributed by atoms with Gasteiger partial charge in [0.05, 0.1) is 32.9 Å². The Morgan fingerprint density at radius 3 is 2.62 bits per heavy atom. The third-order valence-electron chi connectivity index (χ3n) is 7.40. The van der Waals surface area contributed by atoms with Crippen molar-refractivity contribution in [3.8, 4) is 0 Å². The number of piperidine rings is 3. The van der Waals surface area contributed by atoms with Crippen molar-refractivity contribution in [2.45, 2.75) is 50.2 Å². The van der Waals surface area contributed by atoms with E-state index in [1.807, 2.05) is 17.5 Å². The molecule has 1 aliphatic carbocycles. The first kappa shape index (κ1) is 21.2. The number of esters is 1. The second-order valence-electron chi connectivity index (χ2n) is 9.04. The lowest BCUT2D eigenvalue weighted by molar-refractivity contribution is -0.946. The summed E-state index contributed by atoms with van der Waals surface area (Å²) in [5, 5.41) is 22.4. The summed E-state index contributed by atoms with van der Waals surface area (Å²) in [5.74, 6) is -0.0986. The first-order valence-electron chi connectivity index (χ1n) is 11.1. The van der Waals surface area contributed by atoms with Crippen LogP contribution in [0.1, 0.15) is 43.4 Å². The third kappa shape index (κ3) is 4.26. The fourth-order valence-electron chi connectivity index (χ4n) is 5.63. The summed E-state index contributed by atoms with van der Waals surface area (Å²) in [6.45, 7) is 4.93. The first-order valence-corrected chi connectivity index (χ1v) is 12.0. The van der Waals surface area contributed by atoms with Gasteiger partial charge >= 0.3 is 5.97 Å². The SMILES string of the molecule is O=C(O[C@H]1C[N+]2(CCOCCO)CCC1CC2)[C@](O)(c1cccs1)C1CCCC1. The van der Waals surface area contributed by atoms with Gasteiger partial charge in [-0.3, -0.25) is 0 Å². The minimum absolute atomic E-state index is 0.0464. The van der Waals surface area contributed by atoms with Gasteiger partial charge in [-0.05, 0) is 24.3 Å². The monoisotopic (exact) mass is 424 g/mol. The van der Waals surface area contributed by atoms with Crippen LogP contribution in [0.15, 0.2) is 17.5 Å². The molecule has 1 aromatic rings. The molecule has 6 nitrogen and oxygen atoms in total. The van der Waals surface area contributed by atoms with Crippen LogP contribution in [0.2, 0.25) is 0 Å². The lowest BCUT2D eigenvalue weighted by atomic mass is 9.82. The molecular weight excluding hydrogens is 390 g/mol. The molecule has 4 heterocycles. The molecule has 2 N–H and O–H groups in total. The van der Waals surface area contributed by atoms with Gasteiger partial charge in [0.25, 0.3) is 0 Å². The van der Waals surface area contributed by atoms with Crippen LogP contribution in [-0.2, 0) is 19.9 Å². The molecule has 1 aromatic heterocycles. The molecule has 0 spiro atoms. The number of thiophene rings is 1. The maximum Gasteiger partial charge on any atom is 0.344 e. The molecule has 4 aliphatic rings. The maximum absolute atomic E-state index is 13.4. The molecule has 29 heavy (non-hydrogen) atoms. The summed E-state index contributed by atoms with van der Waals surface area (Å²) in [7, 11) is 0. The van der Waals surface area contributed by atoms with E-state index in [1.54, 1.807) is 0 Å². The zero-order valence-electron chi connectivity index (χ0n) is 17.1. The normalized spacial score (nSPS) is 31.7. The number of hydrogen-bond donors (Lipinski definition) is 2. The van der Waals surface area contributed by atoms with Crippen molar-refractivity contribution < 1.29 is 29.0 Å². The predicted molar refractivity (Wildman–Crippen MR) is 110 cm³/mol. The smallest absolute Gasteiger partial charge is 0.344 e. The Hall–Kier alpha value is -0.990. The number of carbonyl (C=O) groups is 1. The lowest BCUT2D eigenvalue weighted by Crippen LogP contribution is -2.65. The number of aliphatic hydroxyl groups is 2. The maximum atomic E-state index is 13.4. The highest BCUT2D eigenvalue weighted by Gasteiger charge is 2.53. The van der Waals surface area contributed by atoms with Crippen LogP contribution >= 0.6 is 11.3 Å². The molecule has 7 heteroatoms. The van der Waals surface area contributed by atoms with E-state index in [4.69, 9.17) is 14.6 Å². The van der Waals surface area contributed by atoms with Gasteiger partial charge in [-0.15, -0.1) is 11.3 Å². The largest absolute Gasteiger partial charge is 0.454 e. The molecule has 0 aromatic carbocycles. The van der Waals surface area contributed by atoms with Crippen molar-refractivity contribution in [1.29, 1.82) is 0 Å². The van der Waals surface area contributed by atoms with Gasteiger partial charge in [-0.25, -0.2) is 4.79 Å². The Morgan fingerprint density at radius 2 is 1.97 bits per heavy atom. The number of quaternary nitrogens is 1. The fraction of sp³-hybridized carbons (Fsp3) is 0.773. The number of fused-ring (bicyclic) bond motifs is 3. The lowest BCUT2D eigenvalue weighted by Gasteiger charge is -2.52. The second kappa shape index (κ2) is 9.02. The van der Waals surface area contributed by atoms with Crippen molar-refractivity contribution in [3.63, 3.8) is 0 Å². The number of nitrogens with zero attached hydrogens (tertiary/aromatic N) is 1. The molecule has 1 saturated carbocycles. The zero-order chi connectivity index (χ0) is 20.3. The van der Waals surface area contributed by atoms with Crippen LogP contribution < -0.4 is 0 Å². The van der Waals surface area contributed by atoms with Gasteiger partial charge in [0, 0.05) is 29.6 Å². The molecular formula is C22H34NO5S+. The summed E-state index contributed by atoms with van der Waals surface area (Å²) in [6, 6.07) is 3.77. The van der Waals surface area contributed by atoms with Crippen LogP contribution in [0, 0.1) is 11.8 Å². The fourth-order valence-corrected chi connectivity index (χ4v) is 6.52. The van der Waals surface area contributed by atoms with Crippen LogP contribution in [0.4, 0.5) is 0 Å². The molecule has 162 valence electrons. The number of aliphatic hydroxyl groups excluding tert-OH is 1. The quantitative estimate of drug-likeness (QED) is 0.361. The van der Waals surface area contributed by atoms with Gasteiger partial charge in [0.2, 0.25) is 0 Å². The summed E-state index contributed by atoms with van der Waals surface area (Å²) >= 11 is 1.45. The van der Waals surface area contributed by atoms with Gasteiger partial charge in [-0.1, -0.05) is 18.9 Å². The van der Waals surface area contributed by atoms with Gasteiger partial charge in [0.15, 0.2) is 11.7 Å². The standard InChI is InChI=1S/C22H34NO5S/c24-12-14-27-13-11-23-9-7-17(8-10-23)19(16-23)28-21(25)22(26,18-4-1-2-5-18)20-6-3-15-29-20/h3,6,15,17-19,24,26H,1-2,4-5,7-14,16H2/q+1/t17?,19-,22+,23?/m0/s1. The summed E-state index contributed by atoms with van der Waals surface area (Å²) in [6.07, 6.45) is 5.85. The minimum Gasteiger partial charge on any atom is -0.454 e. The van der Waals surface area contributed by atoms with E-state index in [0.29, 0.717) is 19.1 Å². The topological polar surface area (TPSA) is 76.0 Å². The van der Waals surface area contributed by atoms with E-state index in [1.165, 1.54) is 11.3 Å². The van der Waals surface area contributed by atoms with Crippen LogP contribution in [0.5, 0.6) is 0 Å². The molecule has 4 fully saturated rings. The Labute approximate surface area is 177 Å². The van der Waals surface area contributed by atoms with Crippen molar-refractivity contribution in [2.75, 3.05) is 46.0 Å². The Morgan fingerprint density at radius 1 is 1.21 bits per heavy atom. The van der Waals surface area contributed by atoms with E-state index in [-0.39, 0.29) is 18.6 Å². The van der Waals surface area contributed by atoms with Crippen molar-refractivity contribution in [3.05, 3.63) is 22.4 Å². The molecule has 2 bridgehead atoms. The average molecular weight is 425 g/mol. The van der Waals surface area contributed by atoms with Crippen LogP contribution in [-0.4, -0.2) is 72.8 Å². The highest BCUT2D eigenvalue weighted by atomic mass is 32.1. The molecule has 0 unspecified atom stereocenters. The van der Waals surface area contributed by atoms with Crippen molar-refractivity contribution in [2.24, 2.45) is 11.8 Å². The molecule has 3 aliphatic heterocycles. The summed E-state index contributed by atoms with van der Waals surface area (Å²) < 4.78 is 12.5. The number of carbonyl (C=O) groups excluding carboxylic acids is 1.